The number of carbonyl (C=O) groups excluding carboxylic acids is 2. The van der Waals surface area contributed by atoms with Crippen LogP contribution in [0.25, 0.3) is 0 Å². The number of fused-ring (bicyclic) bond motifs is 6. The van der Waals surface area contributed by atoms with Crippen LogP contribution in [0.15, 0.2) is 29.3 Å². The van der Waals surface area contributed by atoms with E-state index in [4.69, 9.17) is 14.5 Å². The molecule has 30 heavy (non-hydrogen) atoms. The van der Waals surface area contributed by atoms with Crippen LogP contribution in [0.5, 0.6) is 0 Å². The summed E-state index contributed by atoms with van der Waals surface area (Å²) in [6, 6.07) is 7.84. The first-order chi connectivity index (χ1) is 14.4. The number of esters is 2. The molecule has 160 valence electrons. The van der Waals surface area contributed by atoms with Gasteiger partial charge in [0, 0.05) is 32.0 Å². The van der Waals surface area contributed by atoms with Crippen LogP contribution < -0.4 is 0 Å². The number of benzene rings is 1. The molecule has 3 heterocycles. The summed E-state index contributed by atoms with van der Waals surface area (Å²) in [5, 5.41) is 10.6. The minimum absolute atomic E-state index is 0.0239. The number of nitrogens with zero attached hydrogens (tertiary/aromatic N) is 2. The highest BCUT2D eigenvalue weighted by atomic mass is 16.6. The number of para-hydroxylation sites is 1. The molecule has 6 atom stereocenters. The molecular formula is C23H28N2O5. The van der Waals surface area contributed by atoms with Crippen LogP contribution in [0.4, 0.5) is 5.69 Å². The fraction of sp³-hybridized carbons (Fsp3) is 0.609. The van der Waals surface area contributed by atoms with Crippen molar-refractivity contribution in [3.63, 3.8) is 0 Å². The quantitative estimate of drug-likeness (QED) is 0.749. The molecule has 0 spiro atoms. The van der Waals surface area contributed by atoms with Crippen molar-refractivity contribution in [2.24, 2.45) is 22.7 Å². The fourth-order valence-electron chi connectivity index (χ4n) is 6.34. The molecule has 7 heteroatoms. The summed E-state index contributed by atoms with van der Waals surface area (Å²) in [5.74, 6) is -0.780. The third-order valence-electron chi connectivity index (χ3n) is 7.57. The zero-order chi connectivity index (χ0) is 21.0. The van der Waals surface area contributed by atoms with E-state index in [0.29, 0.717) is 25.2 Å². The van der Waals surface area contributed by atoms with Gasteiger partial charge in [-0.2, -0.15) is 0 Å². The highest BCUT2D eigenvalue weighted by Gasteiger charge is 2.57. The molecule has 1 aromatic carbocycles. The SMILES string of the molecule is COC(=O)[C@@H]1[C@H]2C[C@H]3C4=Nc5ccccc5[C@@]4(OC(C)=O)CCN3C[C@@H]2CC[C@@H]1O. The number of hydrogen-bond donors (Lipinski definition) is 1. The normalized spacial score (nSPS) is 37.2. The van der Waals surface area contributed by atoms with Crippen LogP contribution in [-0.2, 0) is 24.7 Å². The van der Waals surface area contributed by atoms with Crippen molar-refractivity contribution in [1.29, 1.82) is 0 Å². The lowest BCUT2D eigenvalue weighted by Crippen LogP contribution is -2.63. The highest BCUT2D eigenvalue weighted by molar-refractivity contribution is 6.05. The lowest BCUT2D eigenvalue weighted by molar-refractivity contribution is -0.160. The van der Waals surface area contributed by atoms with Crippen molar-refractivity contribution < 1.29 is 24.2 Å². The lowest BCUT2D eigenvalue weighted by atomic mass is 9.63. The smallest absolute Gasteiger partial charge is 0.311 e. The molecular weight excluding hydrogens is 384 g/mol. The van der Waals surface area contributed by atoms with E-state index in [9.17, 15) is 14.7 Å². The number of piperidine rings is 2. The first-order valence-corrected chi connectivity index (χ1v) is 10.8. The van der Waals surface area contributed by atoms with Gasteiger partial charge in [0.05, 0.1) is 36.6 Å². The Kier molecular flexibility index (Phi) is 4.71. The van der Waals surface area contributed by atoms with Gasteiger partial charge >= 0.3 is 11.9 Å². The zero-order valence-electron chi connectivity index (χ0n) is 17.4. The molecule has 0 bridgehead atoms. The zero-order valence-corrected chi connectivity index (χ0v) is 17.4. The van der Waals surface area contributed by atoms with Crippen molar-refractivity contribution in [3.8, 4) is 0 Å². The number of aliphatic hydroxyl groups excluding tert-OH is 1. The Bertz CT molecular complexity index is 915. The third kappa shape index (κ3) is 2.82. The van der Waals surface area contributed by atoms with E-state index >= 15 is 0 Å². The molecule has 1 N–H and O–H groups in total. The van der Waals surface area contributed by atoms with E-state index in [-0.39, 0.29) is 23.9 Å². The van der Waals surface area contributed by atoms with Crippen molar-refractivity contribution in [2.75, 3.05) is 20.2 Å². The number of hydrogen-bond acceptors (Lipinski definition) is 7. The van der Waals surface area contributed by atoms with Gasteiger partial charge in [-0.3, -0.25) is 19.5 Å². The Hall–Kier alpha value is -2.25. The molecule has 5 rings (SSSR count). The number of rotatable bonds is 2. The van der Waals surface area contributed by atoms with Crippen molar-refractivity contribution in [1.82, 2.24) is 4.90 Å². The average Bonchev–Trinajstić information content (AvgIpc) is 3.06. The molecule has 0 aromatic heterocycles. The Morgan fingerprint density at radius 2 is 2.07 bits per heavy atom. The first-order valence-electron chi connectivity index (χ1n) is 10.8. The topological polar surface area (TPSA) is 88.4 Å². The average molecular weight is 412 g/mol. The van der Waals surface area contributed by atoms with E-state index in [1.54, 1.807) is 0 Å². The van der Waals surface area contributed by atoms with Gasteiger partial charge in [-0.05, 0) is 37.2 Å². The van der Waals surface area contributed by atoms with E-state index in [2.05, 4.69) is 4.90 Å². The third-order valence-corrected chi connectivity index (χ3v) is 7.57. The summed E-state index contributed by atoms with van der Waals surface area (Å²) in [4.78, 5) is 32.0. The number of carbonyl (C=O) groups is 2. The van der Waals surface area contributed by atoms with E-state index in [0.717, 1.165) is 36.5 Å². The number of methoxy groups -OCH3 is 1. The van der Waals surface area contributed by atoms with Crippen molar-refractivity contribution in [3.05, 3.63) is 29.8 Å². The molecule has 1 aromatic rings. The second-order valence-electron chi connectivity index (χ2n) is 9.05. The summed E-state index contributed by atoms with van der Waals surface area (Å²) in [7, 11) is 1.39. The Morgan fingerprint density at radius 3 is 2.83 bits per heavy atom. The molecule has 0 unspecified atom stereocenters. The molecule has 7 nitrogen and oxygen atoms in total. The number of ether oxygens (including phenoxy) is 2. The minimum Gasteiger partial charge on any atom is -0.469 e. The molecule has 4 aliphatic rings. The first kappa shape index (κ1) is 19.7. The molecule has 1 aliphatic carbocycles. The summed E-state index contributed by atoms with van der Waals surface area (Å²) in [6.45, 7) is 3.11. The van der Waals surface area contributed by atoms with E-state index in [1.165, 1.54) is 14.0 Å². The van der Waals surface area contributed by atoms with Crippen LogP contribution in [0.1, 0.15) is 38.2 Å². The predicted molar refractivity (Wildman–Crippen MR) is 109 cm³/mol. The monoisotopic (exact) mass is 412 g/mol. The van der Waals surface area contributed by atoms with E-state index < -0.39 is 17.6 Å². The van der Waals surface area contributed by atoms with Gasteiger partial charge in [-0.1, -0.05) is 18.2 Å². The van der Waals surface area contributed by atoms with Gasteiger partial charge in [-0.25, -0.2) is 0 Å². The van der Waals surface area contributed by atoms with Gasteiger partial charge in [-0.15, -0.1) is 0 Å². The van der Waals surface area contributed by atoms with Gasteiger partial charge in [0.15, 0.2) is 5.60 Å². The van der Waals surface area contributed by atoms with Gasteiger partial charge in [0.2, 0.25) is 0 Å². The van der Waals surface area contributed by atoms with Crippen LogP contribution in [0.3, 0.4) is 0 Å². The minimum atomic E-state index is -0.829. The molecule has 1 saturated carbocycles. The molecule has 3 aliphatic heterocycles. The summed E-state index contributed by atoms with van der Waals surface area (Å²) < 4.78 is 11.0. The Labute approximate surface area is 176 Å². The molecule has 2 saturated heterocycles. The second kappa shape index (κ2) is 7.17. The maximum atomic E-state index is 12.5. The molecule has 0 amide bonds. The van der Waals surface area contributed by atoms with Crippen LogP contribution in [-0.4, -0.2) is 60.0 Å². The predicted octanol–water partition coefficient (Wildman–Crippen LogP) is 2.19. The number of aliphatic hydroxyl groups is 1. The Morgan fingerprint density at radius 1 is 1.27 bits per heavy atom. The van der Waals surface area contributed by atoms with Crippen LogP contribution in [0, 0.1) is 17.8 Å². The largest absolute Gasteiger partial charge is 0.469 e. The van der Waals surface area contributed by atoms with Crippen molar-refractivity contribution in [2.45, 2.75) is 50.4 Å². The van der Waals surface area contributed by atoms with Gasteiger partial charge < -0.3 is 14.6 Å². The lowest BCUT2D eigenvalue weighted by Gasteiger charge is -2.53. The van der Waals surface area contributed by atoms with Crippen LogP contribution >= 0.6 is 0 Å². The van der Waals surface area contributed by atoms with E-state index in [1.807, 2.05) is 24.3 Å². The summed E-state index contributed by atoms with van der Waals surface area (Å²) >= 11 is 0. The highest BCUT2D eigenvalue weighted by Crippen LogP contribution is 2.52. The van der Waals surface area contributed by atoms with Crippen LogP contribution in [0.2, 0.25) is 0 Å². The number of aliphatic imine (C=N–C) groups is 1. The van der Waals surface area contributed by atoms with Crippen molar-refractivity contribution >= 4 is 23.3 Å². The van der Waals surface area contributed by atoms with Gasteiger partial charge in [0.1, 0.15) is 0 Å². The Balaban J connectivity index is 1.53. The van der Waals surface area contributed by atoms with Gasteiger partial charge in [0.25, 0.3) is 0 Å². The standard InChI is InChI=1S/C23H28N2O5/c1-13(26)30-23-9-10-25-12-14-7-8-19(27)20(22(28)29-2)15(14)11-18(25)21(23)24-17-6-4-3-5-16(17)23/h3-6,14-15,18-20,27H,7-12H2,1-2H3/t14-,15-,18-,19-,20+,23-/m0/s1. The molecule has 3 fully saturated rings. The summed E-state index contributed by atoms with van der Waals surface area (Å²) in [6.07, 6.45) is 2.25. The summed E-state index contributed by atoms with van der Waals surface area (Å²) in [5.41, 5.74) is 1.84. The maximum Gasteiger partial charge on any atom is 0.311 e. The maximum absolute atomic E-state index is 12.5. The fourth-order valence-corrected chi connectivity index (χ4v) is 6.34. The molecule has 0 radical (unpaired) electrons. The second-order valence-corrected chi connectivity index (χ2v) is 9.05.